The van der Waals surface area contributed by atoms with Gasteiger partial charge in [-0.25, -0.2) is 9.97 Å². The van der Waals surface area contributed by atoms with Crippen molar-refractivity contribution < 1.29 is 0 Å². The van der Waals surface area contributed by atoms with E-state index in [1.54, 1.807) is 0 Å². The van der Waals surface area contributed by atoms with E-state index in [1.807, 2.05) is 60.7 Å². The fraction of sp³-hybridized carbons (Fsp3) is 0. The molecular formula is C32H21ClN2. The second-order valence-electron chi connectivity index (χ2n) is 8.38. The number of rotatable bonds is 4. The molecule has 0 saturated carbocycles. The Morgan fingerprint density at radius 2 is 0.971 bits per heavy atom. The minimum atomic E-state index is 0.694. The maximum Gasteiger partial charge on any atom is 0.160 e. The van der Waals surface area contributed by atoms with Crippen LogP contribution in [0.15, 0.2) is 127 Å². The number of nitrogens with zero attached hydrogens (tertiary/aromatic N) is 2. The Morgan fingerprint density at radius 1 is 0.429 bits per heavy atom. The fourth-order valence-corrected chi connectivity index (χ4v) is 4.73. The molecule has 2 nitrogen and oxygen atoms in total. The molecule has 0 bridgehead atoms. The normalized spacial score (nSPS) is 11.0. The summed E-state index contributed by atoms with van der Waals surface area (Å²) in [5.41, 5.74) is 7.11. The van der Waals surface area contributed by atoms with Gasteiger partial charge in [0, 0.05) is 27.1 Å². The molecule has 1 aromatic heterocycles. The van der Waals surface area contributed by atoms with Gasteiger partial charge in [0.25, 0.3) is 0 Å². The summed E-state index contributed by atoms with van der Waals surface area (Å²) in [4.78, 5) is 10.1. The van der Waals surface area contributed by atoms with Crippen LogP contribution in [0.25, 0.3) is 55.8 Å². The van der Waals surface area contributed by atoms with Crippen molar-refractivity contribution >= 4 is 22.4 Å². The first kappa shape index (κ1) is 21.3. The third kappa shape index (κ3) is 4.09. The molecule has 1 heterocycles. The van der Waals surface area contributed by atoms with Crippen LogP contribution in [0.4, 0.5) is 0 Å². The molecule has 0 unspecified atom stereocenters. The number of benzene rings is 5. The first-order chi connectivity index (χ1) is 17.3. The van der Waals surface area contributed by atoms with Gasteiger partial charge in [-0.2, -0.15) is 0 Å². The monoisotopic (exact) mass is 468 g/mol. The van der Waals surface area contributed by atoms with Gasteiger partial charge >= 0.3 is 0 Å². The van der Waals surface area contributed by atoms with Crippen molar-refractivity contribution in [2.24, 2.45) is 0 Å². The second kappa shape index (κ2) is 9.17. The minimum absolute atomic E-state index is 0.694. The highest BCUT2D eigenvalue weighted by Gasteiger charge is 2.15. The third-order valence-electron chi connectivity index (χ3n) is 6.19. The first-order valence-corrected chi connectivity index (χ1v) is 11.9. The first-order valence-electron chi connectivity index (χ1n) is 11.5. The summed E-state index contributed by atoms with van der Waals surface area (Å²) in [5.74, 6) is 0.694. The van der Waals surface area contributed by atoms with E-state index in [0.29, 0.717) is 5.82 Å². The van der Waals surface area contributed by atoms with Crippen LogP contribution >= 0.6 is 11.6 Å². The lowest BCUT2D eigenvalue weighted by atomic mass is 9.96. The molecule has 6 rings (SSSR count). The van der Waals surface area contributed by atoms with Crippen molar-refractivity contribution in [3.8, 4) is 45.0 Å². The largest absolute Gasteiger partial charge is 0.228 e. The molecular weight excluding hydrogens is 448 g/mol. The van der Waals surface area contributed by atoms with Gasteiger partial charge in [0.05, 0.1) is 11.4 Å². The van der Waals surface area contributed by atoms with Gasteiger partial charge in [-0.3, -0.25) is 0 Å². The number of fused-ring (bicyclic) bond motifs is 1. The van der Waals surface area contributed by atoms with Crippen LogP contribution < -0.4 is 0 Å². The van der Waals surface area contributed by atoms with Crippen molar-refractivity contribution in [3.63, 3.8) is 0 Å². The van der Waals surface area contributed by atoms with Crippen molar-refractivity contribution in [1.82, 2.24) is 9.97 Å². The van der Waals surface area contributed by atoms with Gasteiger partial charge in [0.2, 0.25) is 0 Å². The van der Waals surface area contributed by atoms with E-state index in [-0.39, 0.29) is 0 Å². The minimum Gasteiger partial charge on any atom is -0.228 e. The summed E-state index contributed by atoms with van der Waals surface area (Å²) in [7, 11) is 0. The molecule has 3 heteroatoms. The van der Waals surface area contributed by atoms with Gasteiger partial charge in [0.1, 0.15) is 0 Å². The van der Waals surface area contributed by atoms with E-state index < -0.39 is 0 Å². The van der Waals surface area contributed by atoms with Crippen LogP contribution in [-0.2, 0) is 0 Å². The second-order valence-corrected chi connectivity index (χ2v) is 8.79. The van der Waals surface area contributed by atoms with Crippen LogP contribution in [0.1, 0.15) is 0 Å². The van der Waals surface area contributed by atoms with Crippen LogP contribution in [0, 0.1) is 0 Å². The van der Waals surface area contributed by atoms with Crippen LogP contribution in [0.5, 0.6) is 0 Å². The number of hydrogen-bond acceptors (Lipinski definition) is 2. The topological polar surface area (TPSA) is 25.8 Å². The molecule has 0 saturated heterocycles. The fourth-order valence-electron chi connectivity index (χ4n) is 4.50. The summed E-state index contributed by atoms with van der Waals surface area (Å²) < 4.78 is 0. The molecule has 0 N–H and O–H groups in total. The van der Waals surface area contributed by atoms with E-state index in [2.05, 4.69) is 66.7 Å². The zero-order valence-electron chi connectivity index (χ0n) is 18.9. The summed E-state index contributed by atoms with van der Waals surface area (Å²) in [5, 5.41) is 2.81. The van der Waals surface area contributed by atoms with Gasteiger partial charge < -0.3 is 0 Å². The van der Waals surface area contributed by atoms with E-state index in [0.717, 1.165) is 55.0 Å². The zero-order valence-corrected chi connectivity index (χ0v) is 19.7. The molecule has 6 aromatic rings. The van der Waals surface area contributed by atoms with E-state index in [1.165, 1.54) is 0 Å². The molecule has 0 atom stereocenters. The summed E-state index contributed by atoms with van der Waals surface area (Å²) in [6, 6.07) is 43.2. The van der Waals surface area contributed by atoms with E-state index >= 15 is 0 Å². The maximum absolute atomic E-state index is 6.53. The van der Waals surface area contributed by atoms with Crippen molar-refractivity contribution in [2.75, 3.05) is 0 Å². The highest BCUT2D eigenvalue weighted by atomic mass is 35.5. The molecule has 0 radical (unpaired) electrons. The summed E-state index contributed by atoms with van der Waals surface area (Å²) in [6.07, 6.45) is 0. The van der Waals surface area contributed by atoms with Crippen LogP contribution in [0.2, 0.25) is 5.02 Å². The van der Waals surface area contributed by atoms with Gasteiger partial charge in [-0.05, 0) is 28.6 Å². The highest BCUT2D eigenvalue weighted by Crippen LogP contribution is 2.37. The Bertz CT molecular complexity index is 1640. The Hall–Kier alpha value is -4.27. The summed E-state index contributed by atoms with van der Waals surface area (Å²) >= 11 is 6.53. The molecule has 166 valence electrons. The Kier molecular flexibility index (Phi) is 5.57. The van der Waals surface area contributed by atoms with Crippen molar-refractivity contribution in [3.05, 3.63) is 132 Å². The molecule has 0 aliphatic rings. The number of aromatic nitrogens is 2. The Morgan fingerprint density at radius 3 is 1.69 bits per heavy atom. The molecule has 0 aliphatic carbocycles. The predicted molar refractivity (Wildman–Crippen MR) is 146 cm³/mol. The average molecular weight is 469 g/mol. The van der Waals surface area contributed by atoms with Gasteiger partial charge in [-0.15, -0.1) is 0 Å². The standard InChI is InChI=1S/C32H21ClN2/c33-29-20-19-28(25-16-8-9-17-26(25)29)31-21-30(34-32(35-31)23-13-5-2-6-14-23)27-18-10-7-15-24(27)22-11-3-1-4-12-22/h1-21H. The molecule has 35 heavy (non-hydrogen) atoms. The highest BCUT2D eigenvalue weighted by molar-refractivity contribution is 6.36. The lowest BCUT2D eigenvalue weighted by molar-refractivity contribution is 1.18. The van der Waals surface area contributed by atoms with Crippen molar-refractivity contribution in [1.29, 1.82) is 0 Å². The molecule has 5 aromatic carbocycles. The average Bonchev–Trinajstić information content (AvgIpc) is 2.94. The predicted octanol–water partition coefficient (Wildman–Crippen LogP) is 8.95. The molecule has 0 fully saturated rings. The lowest BCUT2D eigenvalue weighted by Gasteiger charge is -2.14. The van der Waals surface area contributed by atoms with E-state index in [9.17, 15) is 0 Å². The van der Waals surface area contributed by atoms with E-state index in [4.69, 9.17) is 21.6 Å². The van der Waals surface area contributed by atoms with Crippen LogP contribution in [-0.4, -0.2) is 9.97 Å². The van der Waals surface area contributed by atoms with Gasteiger partial charge in [-0.1, -0.05) is 127 Å². The smallest absolute Gasteiger partial charge is 0.160 e. The lowest BCUT2D eigenvalue weighted by Crippen LogP contribution is -1.97. The maximum atomic E-state index is 6.53. The zero-order chi connectivity index (χ0) is 23.6. The third-order valence-corrected chi connectivity index (χ3v) is 6.52. The Balaban J connectivity index is 1.63. The molecule has 0 amide bonds. The van der Waals surface area contributed by atoms with Crippen LogP contribution in [0.3, 0.4) is 0 Å². The molecule has 0 aliphatic heterocycles. The SMILES string of the molecule is Clc1ccc(-c2cc(-c3ccccc3-c3ccccc3)nc(-c3ccccc3)n2)c2ccccc12. The summed E-state index contributed by atoms with van der Waals surface area (Å²) in [6.45, 7) is 0. The quantitative estimate of drug-likeness (QED) is 0.258. The van der Waals surface area contributed by atoms with Crippen molar-refractivity contribution in [2.45, 2.75) is 0 Å². The number of hydrogen-bond donors (Lipinski definition) is 0. The van der Waals surface area contributed by atoms with Gasteiger partial charge in [0.15, 0.2) is 5.82 Å². The molecule has 0 spiro atoms. The number of halogens is 1. The Labute approximate surface area is 209 Å².